The molecule has 5 heteroatoms. The third kappa shape index (κ3) is 4.76. The molecular weight excluding hydrogens is 250 g/mol. The zero-order chi connectivity index (χ0) is 13.8. The first-order chi connectivity index (χ1) is 8.33. The van der Waals surface area contributed by atoms with Crippen LogP contribution < -0.4 is 4.72 Å². The van der Waals surface area contributed by atoms with Crippen LogP contribution in [0, 0.1) is 0 Å². The molecule has 0 aliphatic carbocycles. The van der Waals surface area contributed by atoms with Crippen LogP contribution in [0.4, 0.5) is 0 Å². The van der Waals surface area contributed by atoms with Gasteiger partial charge in [-0.15, -0.1) is 0 Å². The van der Waals surface area contributed by atoms with Gasteiger partial charge in [0.25, 0.3) is 0 Å². The Kier molecular flexibility index (Phi) is 5.31. The van der Waals surface area contributed by atoms with Crippen molar-refractivity contribution in [2.24, 2.45) is 0 Å². The van der Waals surface area contributed by atoms with E-state index >= 15 is 0 Å². The summed E-state index contributed by atoms with van der Waals surface area (Å²) in [7, 11) is -3.26. The first kappa shape index (κ1) is 15.1. The molecule has 0 aromatic heterocycles. The van der Waals surface area contributed by atoms with E-state index in [0.717, 1.165) is 18.2 Å². The van der Waals surface area contributed by atoms with Gasteiger partial charge in [-0.3, -0.25) is 0 Å². The van der Waals surface area contributed by atoms with Crippen LogP contribution in [0.2, 0.25) is 0 Å². The van der Waals surface area contributed by atoms with Crippen molar-refractivity contribution in [3.63, 3.8) is 0 Å². The van der Waals surface area contributed by atoms with E-state index in [1.54, 1.807) is 0 Å². The standard InChI is InChI=1S/C13H21NO3S/c1-4-10(2)11-5-7-12(8-6-11)13(15)9-14-18(3,16)17/h5-8,10,13-15H,4,9H2,1-3H3. The van der Waals surface area contributed by atoms with Gasteiger partial charge in [0.1, 0.15) is 0 Å². The predicted octanol–water partition coefficient (Wildman–Crippen LogP) is 1.78. The smallest absolute Gasteiger partial charge is 0.208 e. The van der Waals surface area contributed by atoms with E-state index in [1.807, 2.05) is 24.3 Å². The zero-order valence-electron chi connectivity index (χ0n) is 11.1. The Balaban J connectivity index is 2.67. The van der Waals surface area contributed by atoms with E-state index in [2.05, 4.69) is 18.6 Å². The van der Waals surface area contributed by atoms with Gasteiger partial charge < -0.3 is 5.11 Å². The number of aliphatic hydroxyl groups excluding tert-OH is 1. The summed E-state index contributed by atoms with van der Waals surface area (Å²) in [6.07, 6.45) is 1.33. The van der Waals surface area contributed by atoms with Crippen molar-refractivity contribution in [2.45, 2.75) is 32.3 Å². The topological polar surface area (TPSA) is 66.4 Å². The van der Waals surface area contributed by atoms with Gasteiger partial charge in [-0.05, 0) is 23.5 Å². The summed E-state index contributed by atoms with van der Waals surface area (Å²) in [6, 6.07) is 7.65. The molecule has 0 amide bonds. The number of aliphatic hydroxyl groups is 1. The Morgan fingerprint density at radius 2 is 1.72 bits per heavy atom. The summed E-state index contributed by atoms with van der Waals surface area (Å²) in [6.45, 7) is 4.28. The highest BCUT2D eigenvalue weighted by atomic mass is 32.2. The average molecular weight is 271 g/mol. The molecule has 0 fully saturated rings. The molecule has 1 aromatic carbocycles. The second kappa shape index (κ2) is 6.31. The molecule has 18 heavy (non-hydrogen) atoms. The quantitative estimate of drug-likeness (QED) is 0.829. The lowest BCUT2D eigenvalue weighted by atomic mass is 9.96. The maximum atomic E-state index is 10.9. The minimum absolute atomic E-state index is 0.00150. The number of hydrogen-bond donors (Lipinski definition) is 2. The first-order valence-corrected chi connectivity index (χ1v) is 7.95. The number of benzene rings is 1. The largest absolute Gasteiger partial charge is 0.387 e. The zero-order valence-corrected chi connectivity index (χ0v) is 11.9. The molecule has 0 saturated heterocycles. The molecule has 0 saturated carbocycles. The fourth-order valence-corrected chi connectivity index (χ4v) is 2.09. The highest BCUT2D eigenvalue weighted by molar-refractivity contribution is 7.88. The monoisotopic (exact) mass is 271 g/mol. The van der Waals surface area contributed by atoms with Gasteiger partial charge in [-0.2, -0.15) is 0 Å². The predicted molar refractivity (Wildman–Crippen MR) is 73.0 cm³/mol. The molecule has 0 spiro atoms. The van der Waals surface area contributed by atoms with Crippen molar-refractivity contribution in [1.29, 1.82) is 0 Å². The molecule has 0 heterocycles. The molecular formula is C13H21NO3S. The van der Waals surface area contributed by atoms with Crippen molar-refractivity contribution in [3.8, 4) is 0 Å². The summed E-state index contributed by atoms with van der Waals surface area (Å²) >= 11 is 0. The van der Waals surface area contributed by atoms with Crippen LogP contribution in [0.25, 0.3) is 0 Å². The fourth-order valence-electron chi connectivity index (χ4n) is 1.63. The summed E-state index contributed by atoms with van der Waals surface area (Å²) in [5.41, 5.74) is 1.95. The van der Waals surface area contributed by atoms with E-state index in [9.17, 15) is 13.5 Å². The summed E-state index contributed by atoms with van der Waals surface area (Å²) in [4.78, 5) is 0. The second-order valence-corrected chi connectivity index (χ2v) is 6.45. The van der Waals surface area contributed by atoms with Crippen molar-refractivity contribution in [3.05, 3.63) is 35.4 Å². The van der Waals surface area contributed by atoms with Gasteiger partial charge in [-0.25, -0.2) is 13.1 Å². The molecule has 0 aliphatic heterocycles. The summed E-state index contributed by atoms with van der Waals surface area (Å²) in [5.74, 6) is 0.491. The van der Waals surface area contributed by atoms with Crippen LogP contribution in [-0.4, -0.2) is 26.3 Å². The highest BCUT2D eigenvalue weighted by Gasteiger charge is 2.11. The lowest BCUT2D eigenvalue weighted by Crippen LogP contribution is -2.27. The Bertz CT molecular complexity index is 468. The molecule has 102 valence electrons. The maximum Gasteiger partial charge on any atom is 0.208 e. The molecule has 4 nitrogen and oxygen atoms in total. The van der Waals surface area contributed by atoms with Gasteiger partial charge in [-0.1, -0.05) is 38.1 Å². The fraction of sp³-hybridized carbons (Fsp3) is 0.538. The lowest BCUT2D eigenvalue weighted by molar-refractivity contribution is 0.182. The Morgan fingerprint density at radius 3 is 2.17 bits per heavy atom. The lowest BCUT2D eigenvalue weighted by Gasteiger charge is -2.13. The van der Waals surface area contributed by atoms with Gasteiger partial charge in [0, 0.05) is 6.54 Å². The highest BCUT2D eigenvalue weighted by Crippen LogP contribution is 2.21. The summed E-state index contributed by atoms with van der Waals surface area (Å²) < 4.78 is 24.1. The Labute approximate surface area is 109 Å². The molecule has 0 bridgehead atoms. The van der Waals surface area contributed by atoms with Crippen LogP contribution >= 0.6 is 0 Å². The number of hydrogen-bond acceptors (Lipinski definition) is 3. The van der Waals surface area contributed by atoms with Gasteiger partial charge in [0.2, 0.25) is 10.0 Å². The van der Waals surface area contributed by atoms with Gasteiger partial charge in [0.15, 0.2) is 0 Å². The molecule has 2 atom stereocenters. The Morgan fingerprint density at radius 1 is 1.22 bits per heavy atom. The molecule has 0 radical (unpaired) electrons. The third-order valence-corrected chi connectivity index (χ3v) is 3.73. The number of rotatable bonds is 6. The van der Waals surface area contributed by atoms with Gasteiger partial charge >= 0.3 is 0 Å². The van der Waals surface area contributed by atoms with Crippen LogP contribution in [-0.2, 0) is 10.0 Å². The van der Waals surface area contributed by atoms with Crippen molar-refractivity contribution in [2.75, 3.05) is 12.8 Å². The molecule has 2 N–H and O–H groups in total. The SMILES string of the molecule is CCC(C)c1ccc(C(O)CNS(C)(=O)=O)cc1. The van der Waals surface area contributed by atoms with Crippen LogP contribution in [0.5, 0.6) is 0 Å². The van der Waals surface area contributed by atoms with E-state index in [-0.39, 0.29) is 6.54 Å². The first-order valence-electron chi connectivity index (χ1n) is 6.06. The van der Waals surface area contributed by atoms with Gasteiger partial charge in [0.05, 0.1) is 12.4 Å². The second-order valence-electron chi connectivity index (χ2n) is 4.61. The molecule has 1 aromatic rings. The van der Waals surface area contributed by atoms with E-state index in [4.69, 9.17) is 0 Å². The maximum absolute atomic E-state index is 10.9. The van der Waals surface area contributed by atoms with E-state index in [0.29, 0.717) is 5.92 Å². The van der Waals surface area contributed by atoms with Crippen molar-refractivity contribution < 1.29 is 13.5 Å². The average Bonchev–Trinajstić information content (AvgIpc) is 2.34. The normalized spacial score (nSPS) is 15.3. The Hall–Kier alpha value is -0.910. The van der Waals surface area contributed by atoms with Crippen molar-refractivity contribution in [1.82, 2.24) is 4.72 Å². The molecule has 0 aliphatic rings. The minimum atomic E-state index is -3.26. The van der Waals surface area contributed by atoms with Crippen molar-refractivity contribution >= 4 is 10.0 Å². The molecule has 1 rings (SSSR count). The van der Waals surface area contributed by atoms with Crippen LogP contribution in [0.1, 0.15) is 43.4 Å². The molecule has 2 unspecified atom stereocenters. The van der Waals surface area contributed by atoms with Crippen LogP contribution in [0.3, 0.4) is 0 Å². The third-order valence-electron chi connectivity index (χ3n) is 3.04. The summed E-state index contributed by atoms with van der Waals surface area (Å²) in [5, 5.41) is 9.84. The van der Waals surface area contributed by atoms with Crippen LogP contribution in [0.15, 0.2) is 24.3 Å². The van der Waals surface area contributed by atoms with E-state index < -0.39 is 16.1 Å². The van der Waals surface area contributed by atoms with E-state index in [1.165, 1.54) is 5.56 Å². The number of nitrogens with one attached hydrogen (secondary N) is 1. The minimum Gasteiger partial charge on any atom is -0.387 e. The number of sulfonamides is 1.